The number of nitrogens with one attached hydrogen (secondary N) is 1. The molecule has 0 aliphatic heterocycles. The maximum absolute atomic E-state index is 11.3. The van der Waals surface area contributed by atoms with Gasteiger partial charge in [0, 0.05) is 29.9 Å². The van der Waals surface area contributed by atoms with Gasteiger partial charge >= 0.3 is 5.97 Å². The van der Waals surface area contributed by atoms with Crippen LogP contribution in [-0.4, -0.2) is 37.7 Å². The molecular formula is C14H16N2O4. The molecule has 0 saturated heterocycles. The fourth-order valence-electron chi connectivity index (χ4n) is 2.27. The third kappa shape index (κ3) is 2.65. The number of fused-ring (bicyclic) bond motifs is 1. The Kier molecular flexibility index (Phi) is 3.76. The molecule has 0 spiro atoms. The van der Waals surface area contributed by atoms with Gasteiger partial charge in [0.1, 0.15) is 0 Å². The van der Waals surface area contributed by atoms with Crippen LogP contribution in [0.15, 0.2) is 35.6 Å². The molecule has 20 heavy (non-hydrogen) atoms. The fraction of sp³-hybridized carbons (Fsp3) is 0.286. The number of benzene rings is 1. The summed E-state index contributed by atoms with van der Waals surface area (Å²) in [6.45, 7) is 1.46. The van der Waals surface area contributed by atoms with Crippen LogP contribution in [0, 0.1) is 0 Å². The lowest BCUT2D eigenvalue weighted by molar-refractivity contribution is -0.157. The van der Waals surface area contributed by atoms with Gasteiger partial charge in [-0.15, -0.1) is 0 Å². The summed E-state index contributed by atoms with van der Waals surface area (Å²) in [6.07, 6.45) is 1.38. The monoisotopic (exact) mass is 276 g/mol. The van der Waals surface area contributed by atoms with Gasteiger partial charge in [0.15, 0.2) is 5.60 Å². The highest BCUT2D eigenvalue weighted by Crippen LogP contribution is 2.25. The Morgan fingerprint density at radius 2 is 2.10 bits per heavy atom. The number of aliphatic carboxylic acids is 1. The number of carboxylic acids is 1. The van der Waals surface area contributed by atoms with Crippen molar-refractivity contribution in [2.45, 2.75) is 25.4 Å². The maximum Gasteiger partial charge on any atom is 0.336 e. The van der Waals surface area contributed by atoms with Crippen molar-refractivity contribution in [1.82, 2.24) is 4.98 Å². The summed E-state index contributed by atoms with van der Waals surface area (Å²) in [6, 6.07) is 7.45. The van der Waals surface area contributed by atoms with E-state index in [0.29, 0.717) is 5.56 Å². The van der Waals surface area contributed by atoms with Crippen molar-refractivity contribution in [1.29, 1.82) is 0 Å². The van der Waals surface area contributed by atoms with Crippen LogP contribution in [0.3, 0.4) is 0 Å². The fourth-order valence-corrected chi connectivity index (χ4v) is 2.27. The Morgan fingerprint density at radius 1 is 1.40 bits per heavy atom. The molecule has 0 aliphatic rings. The number of carbonyl (C=O) groups is 1. The van der Waals surface area contributed by atoms with Crippen molar-refractivity contribution in [3.63, 3.8) is 0 Å². The zero-order valence-corrected chi connectivity index (χ0v) is 11.0. The van der Waals surface area contributed by atoms with Crippen LogP contribution in [0.2, 0.25) is 0 Å². The van der Waals surface area contributed by atoms with Gasteiger partial charge in [-0.1, -0.05) is 23.4 Å². The van der Waals surface area contributed by atoms with Gasteiger partial charge in [-0.3, -0.25) is 0 Å². The molecule has 0 saturated carbocycles. The Hall–Kier alpha value is -2.34. The van der Waals surface area contributed by atoms with E-state index in [9.17, 15) is 15.0 Å². The van der Waals surface area contributed by atoms with Crippen LogP contribution in [0.4, 0.5) is 0 Å². The topological polar surface area (TPSA) is 106 Å². The van der Waals surface area contributed by atoms with E-state index in [2.05, 4.69) is 10.1 Å². The summed E-state index contributed by atoms with van der Waals surface area (Å²) >= 11 is 0. The van der Waals surface area contributed by atoms with Gasteiger partial charge in [0.05, 0.1) is 5.71 Å². The Labute approximate surface area is 115 Å². The summed E-state index contributed by atoms with van der Waals surface area (Å²) in [5, 5.41) is 32.0. The smallest absolute Gasteiger partial charge is 0.336 e. The highest BCUT2D eigenvalue weighted by Gasteiger charge is 2.37. The molecule has 2 rings (SSSR count). The van der Waals surface area contributed by atoms with Gasteiger partial charge in [0.25, 0.3) is 0 Å². The summed E-state index contributed by atoms with van der Waals surface area (Å²) in [7, 11) is 0. The number of para-hydroxylation sites is 1. The Bertz CT molecular complexity index is 662. The first kappa shape index (κ1) is 14.1. The van der Waals surface area contributed by atoms with Crippen molar-refractivity contribution < 1.29 is 20.2 Å². The minimum atomic E-state index is -2.00. The molecule has 6 heteroatoms. The molecule has 0 radical (unpaired) electrons. The molecule has 1 unspecified atom stereocenters. The van der Waals surface area contributed by atoms with Crippen LogP contribution < -0.4 is 0 Å². The van der Waals surface area contributed by atoms with E-state index in [1.165, 1.54) is 6.92 Å². The second-order valence-electron chi connectivity index (χ2n) is 4.89. The third-order valence-corrected chi connectivity index (χ3v) is 3.27. The molecule has 1 aromatic carbocycles. The van der Waals surface area contributed by atoms with Crippen molar-refractivity contribution in [2.75, 3.05) is 0 Å². The quantitative estimate of drug-likeness (QED) is 0.379. The lowest BCUT2D eigenvalue weighted by atomic mass is 9.89. The third-order valence-electron chi connectivity index (χ3n) is 3.27. The number of hydrogen-bond donors (Lipinski definition) is 4. The SMILES string of the molecule is C/C(CC(O)(Cc1c[nH]c2ccccc12)C(=O)O)=N\O. The normalized spacial score (nSPS) is 15.2. The largest absolute Gasteiger partial charge is 0.479 e. The van der Waals surface area contributed by atoms with E-state index < -0.39 is 11.6 Å². The van der Waals surface area contributed by atoms with Crippen LogP contribution in [0.5, 0.6) is 0 Å². The number of carboxylic acid groups (broad SMARTS) is 1. The Balaban J connectivity index is 2.35. The van der Waals surface area contributed by atoms with Gasteiger partial charge < -0.3 is 20.4 Å². The predicted molar refractivity (Wildman–Crippen MR) is 74.1 cm³/mol. The average Bonchev–Trinajstić information content (AvgIpc) is 2.81. The number of aromatic nitrogens is 1. The van der Waals surface area contributed by atoms with E-state index in [-0.39, 0.29) is 18.6 Å². The zero-order valence-electron chi connectivity index (χ0n) is 11.0. The second-order valence-corrected chi connectivity index (χ2v) is 4.89. The minimum Gasteiger partial charge on any atom is -0.479 e. The molecular weight excluding hydrogens is 260 g/mol. The summed E-state index contributed by atoms with van der Waals surface area (Å²) < 4.78 is 0. The van der Waals surface area contributed by atoms with E-state index >= 15 is 0 Å². The molecule has 2 aromatic rings. The predicted octanol–water partition coefficient (Wildman–Crippen LogP) is 1.77. The summed E-state index contributed by atoms with van der Waals surface area (Å²) in [5.74, 6) is -1.34. The molecule has 0 amide bonds. The molecule has 1 heterocycles. The van der Waals surface area contributed by atoms with Crippen molar-refractivity contribution in [3.8, 4) is 0 Å². The van der Waals surface area contributed by atoms with Crippen LogP contribution in [0.25, 0.3) is 10.9 Å². The highest BCUT2D eigenvalue weighted by molar-refractivity contribution is 5.91. The molecule has 4 N–H and O–H groups in total. The number of oxime groups is 1. The number of H-pyrrole nitrogens is 1. The standard InChI is InChI=1S/C14H16N2O4/c1-9(16-20)6-14(19,13(17)18)7-10-8-15-12-5-3-2-4-11(10)12/h2-5,8,15,19-20H,6-7H2,1H3,(H,17,18)/b16-9+. The molecule has 1 atom stereocenters. The molecule has 1 aromatic heterocycles. The summed E-state index contributed by atoms with van der Waals surface area (Å²) in [5.41, 5.74) is -0.255. The van der Waals surface area contributed by atoms with Crippen molar-refractivity contribution in [2.24, 2.45) is 5.16 Å². The molecule has 106 valence electrons. The van der Waals surface area contributed by atoms with Crippen LogP contribution in [0.1, 0.15) is 18.9 Å². The highest BCUT2D eigenvalue weighted by atomic mass is 16.4. The number of aromatic amines is 1. The molecule has 0 bridgehead atoms. The molecule has 0 aliphatic carbocycles. The van der Waals surface area contributed by atoms with E-state index in [1.807, 2.05) is 24.3 Å². The second kappa shape index (κ2) is 5.34. The number of rotatable bonds is 5. The van der Waals surface area contributed by atoms with Gasteiger partial charge in [0.2, 0.25) is 0 Å². The zero-order chi connectivity index (χ0) is 14.8. The van der Waals surface area contributed by atoms with E-state index in [0.717, 1.165) is 10.9 Å². The van der Waals surface area contributed by atoms with Crippen molar-refractivity contribution >= 4 is 22.6 Å². The number of aliphatic hydroxyl groups is 1. The minimum absolute atomic E-state index is 0.0702. The van der Waals surface area contributed by atoms with E-state index in [4.69, 9.17) is 5.21 Å². The first-order valence-electron chi connectivity index (χ1n) is 6.14. The molecule has 6 nitrogen and oxygen atoms in total. The van der Waals surface area contributed by atoms with Crippen LogP contribution in [-0.2, 0) is 11.2 Å². The van der Waals surface area contributed by atoms with Gasteiger partial charge in [-0.2, -0.15) is 0 Å². The first-order chi connectivity index (χ1) is 9.46. The number of hydrogen-bond acceptors (Lipinski definition) is 4. The Morgan fingerprint density at radius 3 is 2.75 bits per heavy atom. The summed E-state index contributed by atoms with van der Waals surface area (Å²) in [4.78, 5) is 14.4. The average molecular weight is 276 g/mol. The maximum atomic E-state index is 11.3. The molecule has 0 fully saturated rings. The van der Waals surface area contributed by atoms with E-state index in [1.54, 1.807) is 6.20 Å². The van der Waals surface area contributed by atoms with Crippen LogP contribution >= 0.6 is 0 Å². The van der Waals surface area contributed by atoms with Gasteiger partial charge in [-0.05, 0) is 18.6 Å². The number of nitrogens with zero attached hydrogens (tertiary/aromatic N) is 1. The van der Waals surface area contributed by atoms with Gasteiger partial charge in [-0.25, -0.2) is 4.79 Å². The lowest BCUT2D eigenvalue weighted by Gasteiger charge is -2.22. The first-order valence-corrected chi connectivity index (χ1v) is 6.14. The van der Waals surface area contributed by atoms with Crippen molar-refractivity contribution in [3.05, 3.63) is 36.0 Å². The lowest BCUT2D eigenvalue weighted by Crippen LogP contribution is -2.42.